The largest absolute Gasteiger partial charge is 0.497 e. The zero-order valence-electron chi connectivity index (χ0n) is 12.9. The lowest BCUT2D eigenvalue weighted by molar-refractivity contribution is 0.415. The summed E-state index contributed by atoms with van der Waals surface area (Å²) >= 11 is 4.90. The molecule has 0 atom stereocenters. The number of ether oxygens (including phenoxy) is 1. The van der Waals surface area contributed by atoms with Crippen LogP contribution in [0.5, 0.6) is 5.75 Å². The highest BCUT2D eigenvalue weighted by Gasteiger charge is 2.09. The van der Waals surface area contributed by atoms with E-state index in [0.717, 1.165) is 27.0 Å². The van der Waals surface area contributed by atoms with Gasteiger partial charge in [-0.15, -0.1) is 11.3 Å². The van der Waals surface area contributed by atoms with E-state index in [2.05, 4.69) is 27.0 Å². The van der Waals surface area contributed by atoms with E-state index in [9.17, 15) is 5.26 Å². The zero-order valence-corrected chi connectivity index (χ0v) is 15.3. The number of nitrogens with zero attached hydrogens (tertiary/aromatic N) is 2. The molecule has 0 fully saturated rings. The molecule has 0 aliphatic rings. The summed E-state index contributed by atoms with van der Waals surface area (Å²) in [6, 6.07) is 17.8. The molecule has 1 aromatic heterocycles. The highest BCUT2D eigenvalue weighted by Crippen LogP contribution is 2.28. The Morgan fingerprint density at radius 1 is 1.17 bits per heavy atom. The summed E-state index contributed by atoms with van der Waals surface area (Å²) in [5.41, 5.74) is 3.39. The number of nitriles is 1. The minimum Gasteiger partial charge on any atom is -0.497 e. The van der Waals surface area contributed by atoms with Crippen LogP contribution in [-0.4, -0.2) is 12.1 Å². The molecule has 3 nitrogen and oxygen atoms in total. The summed E-state index contributed by atoms with van der Waals surface area (Å²) in [4.78, 5) is 4.60. The van der Waals surface area contributed by atoms with Crippen molar-refractivity contribution in [2.24, 2.45) is 0 Å². The predicted octanol–water partition coefficient (Wildman–Crippen LogP) is 5.65. The summed E-state index contributed by atoms with van der Waals surface area (Å²) in [5.74, 6) is 0.789. The van der Waals surface area contributed by atoms with E-state index in [1.807, 2.05) is 60.0 Å². The molecule has 0 spiro atoms. The molecule has 3 rings (SSSR count). The van der Waals surface area contributed by atoms with Gasteiger partial charge in [0.2, 0.25) is 0 Å². The smallest absolute Gasteiger partial charge is 0.134 e. The Morgan fingerprint density at radius 2 is 1.88 bits per heavy atom. The maximum absolute atomic E-state index is 9.48. The fraction of sp³-hybridized carbons (Fsp3) is 0.0526. The molecule has 24 heavy (non-hydrogen) atoms. The van der Waals surface area contributed by atoms with E-state index in [1.165, 1.54) is 11.3 Å². The Labute approximate surface area is 153 Å². The lowest BCUT2D eigenvalue weighted by Gasteiger charge is -2.00. The predicted molar refractivity (Wildman–Crippen MR) is 102 cm³/mol. The third kappa shape index (κ3) is 3.73. The third-order valence-electron chi connectivity index (χ3n) is 3.42. The van der Waals surface area contributed by atoms with E-state index in [4.69, 9.17) is 4.74 Å². The zero-order chi connectivity index (χ0) is 16.9. The SMILES string of the molecule is COc1ccc(/C=C(/C#N)c2nc(-c3ccc(Br)cc3)cs2)cc1. The average Bonchev–Trinajstić information content (AvgIpc) is 3.10. The van der Waals surface area contributed by atoms with Crippen molar-refractivity contribution < 1.29 is 4.74 Å². The fourth-order valence-corrected chi connectivity index (χ4v) is 3.22. The summed E-state index contributed by atoms with van der Waals surface area (Å²) < 4.78 is 6.17. The van der Waals surface area contributed by atoms with Gasteiger partial charge in [0.25, 0.3) is 0 Å². The molecule has 0 saturated carbocycles. The minimum absolute atomic E-state index is 0.550. The van der Waals surface area contributed by atoms with Gasteiger partial charge < -0.3 is 4.74 Å². The molecule has 0 bridgehead atoms. The van der Waals surface area contributed by atoms with Crippen LogP contribution in [0.4, 0.5) is 0 Å². The number of hydrogen-bond acceptors (Lipinski definition) is 4. The molecule has 0 amide bonds. The Kier molecular flexibility index (Phi) is 5.09. The molecule has 0 saturated heterocycles. The molecule has 0 N–H and O–H groups in total. The maximum atomic E-state index is 9.48. The van der Waals surface area contributed by atoms with E-state index in [-0.39, 0.29) is 0 Å². The van der Waals surface area contributed by atoms with Gasteiger partial charge >= 0.3 is 0 Å². The van der Waals surface area contributed by atoms with Gasteiger partial charge in [-0.3, -0.25) is 0 Å². The van der Waals surface area contributed by atoms with Crippen molar-refractivity contribution in [2.45, 2.75) is 0 Å². The molecule has 0 radical (unpaired) electrons. The summed E-state index contributed by atoms with van der Waals surface area (Å²) in [6.45, 7) is 0. The topological polar surface area (TPSA) is 45.9 Å². The normalized spacial score (nSPS) is 11.1. The number of hydrogen-bond donors (Lipinski definition) is 0. The van der Waals surface area contributed by atoms with Gasteiger partial charge in [-0.05, 0) is 35.9 Å². The van der Waals surface area contributed by atoms with Gasteiger partial charge in [0.1, 0.15) is 16.8 Å². The van der Waals surface area contributed by atoms with E-state index in [0.29, 0.717) is 10.6 Å². The molecule has 118 valence electrons. The second-order valence-corrected chi connectivity index (χ2v) is 6.76. The molecule has 0 unspecified atom stereocenters. The number of allylic oxidation sites excluding steroid dienone is 1. The average molecular weight is 397 g/mol. The fourth-order valence-electron chi connectivity index (χ4n) is 2.16. The van der Waals surface area contributed by atoms with Crippen LogP contribution in [0.25, 0.3) is 22.9 Å². The first-order valence-corrected chi connectivity index (χ1v) is 8.84. The molecular formula is C19H13BrN2OS. The number of methoxy groups -OCH3 is 1. The molecule has 1 heterocycles. The van der Waals surface area contributed by atoms with Crippen molar-refractivity contribution in [3.8, 4) is 23.1 Å². The van der Waals surface area contributed by atoms with Gasteiger partial charge in [0, 0.05) is 15.4 Å². The van der Waals surface area contributed by atoms with Crippen molar-refractivity contribution in [2.75, 3.05) is 7.11 Å². The van der Waals surface area contributed by atoms with Gasteiger partial charge in [0.05, 0.1) is 18.4 Å². The third-order valence-corrected chi connectivity index (χ3v) is 4.83. The summed E-state index contributed by atoms with van der Waals surface area (Å²) in [6.07, 6.45) is 1.84. The minimum atomic E-state index is 0.550. The van der Waals surface area contributed by atoms with Crippen LogP contribution in [0.2, 0.25) is 0 Å². The highest BCUT2D eigenvalue weighted by molar-refractivity contribution is 9.10. The van der Waals surface area contributed by atoms with Gasteiger partial charge in [0.15, 0.2) is 0 Å². The van der Waals surface area contributed by atoms with Gasteiger partial charge in [-0.2, -0.15) is 5.26 Å². The van der Waals surface area contributed by atoms with Crippen molar-refractivity contribution in [1.29, 1.82) is 5.26 Å². The maximum Gasteiger partial charge on any atom is 0.134 e. The van der Waals surface area contributed by atoms with Crippen molar-refractivity contribution in [3.05, 3.63) is 69.0 Å². The van der Waals surface area contributed by atoms with E-state index in [1.54, 1.807) is 7.11 Å². The Bertz CT molecular complexity index is 906. The molecular weight excluding hydrogens is 384 g/mol. The van der Waals surface area contributed by atoms with Crippen LogP contribution in [0, 0.1) is 11.3 Å². The van der Waals surface area contributed by atoms with Crippen LogP contribution in [0.3, 0.4) is 0 Å². The molecule has 0 aliphatic heterocycles. The van der Waals surface area contributed by atoms with Crippen LogP contribution < -0.4 is 4.74 Å². The van der Waals surface area contributed by atoms with Crippen molar-refractivity contribution >= 4 is 38.9 Å². The van der Waals surface area contributed by atoms with Gasteiger partial charge in [-0.25, -0.2) is 4.98 Å². The van der Waals surface area contributed by atoms with Crippen LogP contribution >= 0.6 is 27.3 Å². The first-order chi connectivity index (χ1) is 11.7. The molecule has 3 aromatic rings. The highest BCUT2D eigenvalue weighted by atomic mass is 79.9. The Hall–Kier alpha value is -2.42. The van der Waals surface area contributed by atoms with Crippen molar-refractivity contribution in [1.82, 2.24) is 4.98 Å². The molecule has 2 aromatic carbocycles. The lowest BCUT2D eigenvalue weighted by Crippen LogP contribution is -1.84. The quantitative estimate of drug-likeness (QED) is 0.535. The number of thiazole rings is 1. The monoisotopic (exact) mass is 396 g/mol. The van der Waals surface area contributed by atoms with E-state index < -0.39 is 0 Å². The first kappa shape index (κ1) is 16.4. The summed E-state index contributed by atoms with van der Waals surface area (Å²) in [5, 5.41) is 12.2. The standard InChI is InChI=1S/C19H13BrN2OS/c1-23-17-8-2-13(3-9-17)10-15(11-21)19-22-18(12-24-19)14-4-6-16(20)7-5-14/h2-10,12H,1H3/b15-10-. The van der Waals surface area contributed by atoms with Crippen LogP contribution in [0.15, 0.2) is 58.4 Å². The number of halogens is 1. The Morgan fingerprint density at radius 3 is 2.50 bits per heavy atom. The number of rotatable bonds is 4. The van der Waals surface area contributed by atoms with Crippen molar-refractivity contribution in [3.63, 3.8) is 0 Å². The van der Waals surface area contributed by atoms with Crippen LogP contribution in [0.1, 0.15) is 10.6 Å². The van der Waals surface area contributed by atoms with E-state index >= 15 is 0 Å². The number of benzene rings is 2. The molecule has 0 aliphatic carbocycles. The second kappa shape index (κ2) is 7.43. The number of aromatic nitrogens is 1. The second-order valence-electron chi connectivity index (χ2n) is 4.99. The molecule has 5 heteroatoms. The summed E-state index contributed by atoms with van der Waals surface area (Å²) in [7, 11) is 1.63. The van der Waals surface area contributed by atoms with Gasteiger partial charge in [-0.1, -0.05) is 40.2 Å². The first-order valence-electron chi connectivity index (χ1n) is 7.17. The Balaban J connectivity index is 1.90. The van der Waals surface area contributed by atoms with Crippen LogP contribution in [-0.2, 0) is 0 Å². The lowest BCUT2D eigenvalue weighted by atomic mass is 10.1.